The second-order valence-corrected chi connectivity index (χ2v) is 5.85. The third-order valence-corrected chi connectivity index (χ3v) is 4.31. The molecule has 0 saturated carbocycles. The first-order valence-electron chi connectivity index (χ1n) is 8.27. The van der Waals surface area contributed by atoms with Crippen LogP contribution in [-0.2, 0) is 9.53 Å². The molecule has 0 N–H and O–H groups in total. The van der Waals surface area contributed by atoms with E-state index in [1.165, 1.54) is 7.11 Å². The van der Waals surface area contributed by atoms with E-state index in [-0.39, 0.29) is 5.97 Å². The first-order chi connectivity index (χ1) is 12.1. The number of rotatable bonds is 6. The van der Waals surface area contributed by atoms with Gasteiger partial charge in [0, 0.05) is 5.71 Å². The number of carbonyl (C=O) groups is 1. The molecule has 0 aromatic heterocycles. The molecule has 0 amide bonds. The zero-order chi connectivity index (χ0) is 17.9. The zero-order valence-corrected chi connectivity index (χ0v) is 14.7. The highest BCUT2D eigenvalue weighted by Crippen LogP contribution is 2.53. The van der Waals surface area contributed by atoms with Crippen LogP contribution in [0.25, 0.3) is 5.57 Å². The van der Waals surface area contributed by atoms with E-state index in [4.69, 9.17) is 9.47 Å². The van der Waals surface area contributed by atoms with Gasteiger partial charge in [-0.15, -0.1) is 0 Å². The summed E-state index contributed by atoms with van der Waals surface area (Å²) in [6, 6.07) is 17.3. The Kier molecular flexibility index (Phi) is 4.70. The van der Waals surface area contributed by atoms with Gasteiger partial charge in [0.25, 0.3) is 0 Å². The molecule has 2 aromatic rings. The van der Waals surface area contributed by atoms with E-state index in [2.05, 4.69) is 4.99 Å². The molecule has 128 valence electrons. The summed E-state index contributed by atoms with van der Waals surface area (Å²) in [5.74, 6) is 0.495. The summed E-state index contributed by atoms with van der Waals surface area (Å²) in [7, 11) is 1.41. The molecule has 0 fully saturated rings. The van der Waals surface area contributed by atoms with E-state index >= 15 is 0 Å². The Morgan fingerprint density at radius 1 is 1.08 bits per heavy atom. The van der Waals surface area contributed by atoms with Crippen molar-refractivity contribution in [3.63, 3.8) is 0 Å². The fraction of sp³-hybridized carbons (Fsp3) is 0.238. The van der Waals surface area contributed by atoms with Gasteiger partial charge in [-0.25, -0.2) is 0 Å². The van der Waals surface area contributed by atoms with Gasteiger partial charge in [0.1, 0.15) is 11.2 Å². The lowest BCUT2D eigenvalue weighted by Crippen LogP contribution is -2.28. The van der Waals surface area contributed by atoms with Crippen LogP contribution in [-0.4, -0.2) is 25.4 Å². The molecule has 3 rings (SSSR count). The van der Waals surface area contributed by atoms with Crippen molar-refractivity contribution in [2.24, 2.45) is 10.4 Å². The first-order valence-corrected chi connectivity index (χ1v) is 8.27. The third-order valence-electron chi connectivity index (χ3n) is 4.31. The molecule has 0 saturated heterocycles. The van der Waals surface area contributed by atoms with Gasteiger partial charge in [0.15, 0.2) is 0 Å². The van der Waals surface area contributed by atoms with Crippen LogP contribution in [0.1, 0.15) is 19.4 Å². The van der Waals surface area contributed by atoms with Crippen LogP contribution in [0, 0.1) is 5.41 Å². The van der Waals surface area contributed by atoms with E-state index < -0.39 is 5.41 Å². The summed E-state index contributed by atoms with van der Waals surface area (Å²) in [5, 5.41) is 0. The summed E-state index contributed by atoms with van der Waals surface area (Å²) < 4.78 is 10.5. The predicted molar refractivity (Wildman–Crippen MR) is 99.2 cm³/mol. The Balaban J connectivity index is 1.89. The second kappa shape index (κ2) is 6.93. The molecule has 0 radical (unpaired) electrons. The van der Waals surface area contributed by atoms with Crippen molar-refractivity contribution >= 4 is 22.9 Å². The molecule has 1 aliphatic rings. The second-order valence-electron chi connectivity index (χ2n) is 5.85. The molecule has 0 spiro atoms. The highest BCUT2D eigenvalue weighted by atomic mass is 16.5. The highest BCUT2D eigenvalue weighted by Gasteiger charge is 2.55. The van der Waals surface area contributed by atoms with Crippen LogP contribution in [0.5, 0.6) is 5.75 Å². The van der Waals surface area contributed by atoms with Gasteiger partial charge in [-0.3, -0.25) is 9.79 Å². The molecule has 4 heteroatoms. The van der Waals surface area contributed by atoms with Crippen LogP contribution in [0.15, 0.2) is 65.7 Å². The monoisotopic (exact) mass is 335 g/mol. The minimum absolute atomic E-state index is 0.307. The molecule has 0 bridgehead atoms. The normalized spacial score (nSPS) is 19.2. The van der Waals surface area contributed by atoms with Crippen LogP contribution in [0.4, 0.5) is 5.69 Å². The third kappa shape index (κ3) is 3.20. The minimum Gasteiger partial charge on any atom is -0.494 e. The van der Waals surface area contributed by atoms with E-state index in [9.17, 15) is 4.79 Å². The zero-order valence-electron chi connectivity index (χ0n) is 14.7. The molecule has 0 aliphatic heterocycles. The molecular weight excluding hydrogens is 314 g/mol. The fourth-order valence-electron chi connectivity index (χ4n) is 2.95. The Bertz CT molecular complexity index is 822. The predicted octanol–water partition coefficient (Wildman–Crippen LogP) is 4.43. The Morgan fingerprint density at radius 2 is 1.76 bits per heavy atom. The van der Waals surface area contributed by atoms with Gasteiger partial charge in [-0.05, 0) is 49.2 Å². The van der Waals surface area contributed by atoms with Gasteiger partial charge in [-0.2, -0.15) is 0 Å². The number of benzene rings is 2. The lowest BCUT2D eigenvalue weighted by molar-refractivity contribution is -0.143. The average Bonchev–Trinajstić information content (AvgIpc) is 3.41. The summed E-state index contributed by atoms with van der Waals surface area (Å²) in [6.07, 6.45) is 1.92. The molecule has 25 heavy (non-hydrogen) atoms. The van der Waals surface area contributed by atoms with Crippen LogP contribution < -0.4 is 4.74 Å². The molecule has 1 atom stereocenters. The number of nitrogens with zero attached hydrogens (tertiary/aromatic N) is 1. The van der Waals surface area contributed by atoms with Crippen LogP contribution >= 0.6 is 0 Å². The Hall–Kier alpha value is -2.88. The summed E-state index contributed by atoms with van der Waals surface area (Å²) in [6.45, 7) is 4.43. The highest BCUT2D eigenvalue weighted by molar-refractivity contribution is 6.26. The van der Waals surface area contributed by atoms with Crippen LogP contribution in [0.2, 0.25) is 0 Å². The smallest absolute Gasteiger partial charge is 0.326 e. The maximum Gasteiger partial charge on any atom is 0.326 e. The Labute approximate surface area is 147 Å². The van der Waals surface area contributed by atoms with Crippen molar-refractivity contribution in [1.29, 1.82) is 0 Å². The Morgan fingerprint density at radius 3 is 2.36 bits per heavy atom. The topological polar surface area (TPSA) is 47.9 Å². The number of hydrogen-bond donors (Lipinski definition) is 0. The quantitative estimate of drug-likeness (QED) is 0.579. The standard InChI is InChI=1S/C21H21NO3/c1-4-25-18-12-10-17(11-13-18)22-15(2)21(20(23)24-3)14-19(21)16-8-6-5-7-9-16/h5-14H,4H2,1-3H3. The number of hydrogen-bond acceptors (Lipinski definition) is 4. The van der Waals surface area contributed by atoms with Crippen molar-refractivity contribution in [3.8, 4) is 5.75 Å². The molecular formula is C21H21NO3. The number of ether oxygens (including phenoxy) is 2. The summed E-state index contributed by atoms with van der Waals surface area (Å²) in [4.78, 5) is 17.1. The summed E-state index contributed by atoms with van der Waals surface area (Å²) in [5.41, 5.74) is 2.55. The number of carbonyl (C=O) groups excluding carboxylic acids is 1. The van der Waals surface area contributed by atoms with Gasteiger partial charge in [0.2, 0.25) is 0 Å². The van der Waals surface area contributed by atoms with Crippen molar-refractivity contribution in [1.82, 2.24) is 0 Å². The molecule has 2 aromatic carbocycles. The molecule has 1 aliphatic carbocycles. The maximum absolute atomic E-state index is 12.5. The van der Waals surface area contributed by atoms with Crippen LogP contribution in [0.3, 0.4) is 0 Å². The van der Waals surface area contributed by atoms with Gasteiger partial charge in [0.05, 0.1) is 19.4 Å². The van der Waals surface area contributed by atoms with E-state index in [1.807, 2.05) is 74.5 Å². The van der Waals surface area contributed by atoms with Crippen molar-refractivity contribution in [2.45, 2.75) is 13.8 Å². The SMILES string of the molecule is CCOc1ccc(N=C(C)C2(C(=O)OC)C=C2c2ccccc2)cc1. The van der Waals surface area contributed by atoms with E-state index in [0.717, 1.165) is 22.6 Å². The maximum atomic E-state index is 12.5. The van der Waals surface area contributed by atoms with Crippen molar-refractivity contribution < 1.29 is 14.3 Å². The molecule has 0 heterocycles. The largest absolute Gasteiger partial charge is 0.494 e. The molecule has 4 nitrogen and oxygen atoms in total. The minimum atomic E-state index is -0.866. The first kappa shape index (κ1) is 17.0. The van der Waals surface area contributed by atoms with Gasteiger partial charge < -0.3 is 9.47 Å². The van der Waals surface area contributed by atoms with Gasteiger partial charge in [-0.1, -0.05) is 36.4 Å². The molecule has 1 unspecified atom stereocenters. The average molecular weight is 335 g/mol. The van der Waals surface area contributed by atoms with Gasteiger partial charge >= 0.3 is 5.97 Å². The van der Waals surface area contributed by atoms with Crippen molar-refractivity contribution in [3.05, 3.63) is 66.2 Å². The summed E-state index contributed by atoms with van der Waals surface area (Å²) >= 11 is 0. The van der Waals surface area contributed by atoms with E-state index in [1.54, 1.807) is 0 Å². The lowest BCUT2D eigenvalue weighted by Gasteiger charge is -2.16. The van der Waals surface area contributed by atoms with E-state index in [0.29, 0.717) is 12.3 Å². The number of aliphatic imine (C=N–C) groups is 1. The fourth-order valence-corrected chi connectivity index (χ4v) is 2.95. The number of methoxy groups -OCH3 is 1. The number of esters is 1. The lowest BCUT2D eigenvalue weighted by atomic mass is 9.91. The van der Waals surface area contributed by atoms with Crippen molar-refractivity contribution in [2.75, 3.05) is 13.7 Å².